The standard InChI is InChI=1S/C26H28FN2O/c1-2-19-17-29(16-18-7-9-21(27)10-8-18)14-12-20(19)15-25(29)26(30)23-11-13-28-24-6-4-3-5-22(23)24/h2-11,13,19-20,25-26,30H,1,12,14-17H2/q+1/t19?,20?,25?,26-,29?/m1/s1. The van der Waals surface area contributed by atoms with E-state index in [1.165, 1.54) is 12.1 Å². The number of pyridine rings is 1. The highest BCUT2D eigenvalue weighted by atomic mass is 19.1. The van der Waals surface area contributed by atoms with E-state index in [0.29, 0.717) is 11.8 Å². The second kappa shape index (κ2) is 7.60. The number of fused-ring (bicyclic) bond motifs is 4. The molecule has 4 heteroatoms. The molecule has 2 aromatic carbocycles. The number of rotatable bonds is 5. The lowest BCUT2D eigenvalue weighted by atomic mass is 9.71. The van der Waals surface area contributed by atoms with E-state index in [9.17, 15) is 9.50 Å². The number of para-hydroxylation sites is 1. The molecule has 2 bridgehead atoms. The van der Waals surface area contributed by atoms with Gasteiger partial charge < -0.3 is 9.59 Å². The second-order valence-electron chi connectivity index (χ2n) is 9.02. The van der Waals surface area contributed by atoms with Crippen molar-refractivity contribution in [2.24, 2.45) is 11.8 Å². The summed E-state index contributed by atoms with van der Waals surface area (Å²) >= 11 is 0. The first kappa shape index (κ1) is 19.4. The predicted molar refractivity (Wildman–Crippen MR) is 117 cm³/mol. The predicted octanol–water partition coefficient (Wildman–Crippen LogP) is 5.02. The lowest BCUT2D eigenvalue weighted by molar-refractivity contribution is -0.984. The largest absolute Gasteiger partial charge is 0.382 e. The molecule has 3 saturated heterocycles. The van der Waals surface area contributed by atoms with Crippen molar-refractivity contribution in [2.45, 2.75) is 31.5 Å². The second-order valence-corrected chi connectivity index (χ2v) is 9.02. The van der Waals surface area contributed by atoms with Crippen LogP contribution < -0.4 is 0 Å². The molecule has 0 saturated carbocycles. The van der Waals surface area contributed by atoms with Crippen molar-refractivity contribution in [3.63, 3.8) is 0 Å². The zero-order valence-electron chi connectivity index (χ0n) is 17.1. The number of aliphatic hydroxyl groups is 1. The number of benzene rings is 2. The fourth-order valence-electron chi connectivity index (χ4n) is 5.92. The highest BCUT2D eigenvalue weighted by molar-refractivity contribution is 5.82. The van der Waals surface area contributed by atoms with Crippen LogP contribution in [0.25, 0.3) is 10.9 Å². The van der Waals surface area contributed by atoms with Crippen LogP contribution in [0.15, 0.2) is 73.4 Å². The number of halogens is 1. The van der Waals surface area contributed by atoms with Crippen LogP contribution in [-0.2, 0) is 6.54 Å². The molecule has 1 N–H and O–H groups in total. The first-order valence-corrected chi connectivity index (χ1v) is 10.8. The molecule has 0 spiro atoms. The Labute approximate surface area is 177 Å². The topological polar surface area (TPSA) is 33.1 Å². The van der Waals surface area contributed by atoms with Crippen LogP contribution in [0.1, 0.15) is 30.1 Å². The minimum absolute atomic E-state index is 0.107. The van der Waals surface area contributed by atoms with Crippen molar-refractivity contribution >= 4 is 10.9 Å². The van der Waals surface area contributed by atoms with Crippen molar-refractivity contribution in [1.82, 2.24) is 4.98 Å². The van der Waals surface area contributed by atoms with Gasteiger partial charge in [-0.3, -0.25) is 4.98 Å². The van der Waals surface area contributed by atoms with E-state index >= 15 is 0 Å². The molecule has 154 valence electrons. The summed E-state index contributed by atoms with van der Waals surface area (Å²) in [6.45, 7) is 6.92. The van der Waals surface area contributed by atoms with Crippen LogP contribution in [0.3, 0.4) is 0 Å². The van der Waals surface area contributed by atoms with E-state index in [2.05, 4.69) is 17.6 Å². The number of hydrogen-bond acceptors (Lipinski definition) is 2. The van der Waals surface area contributed by atoms with Gasteiger partial charge in [0.15, 0.2) is 0 Å². The number of nitrogens with zero attached hydrogens (tertiary/aromatic N) is 2. The van der Waals surface area contributed by atoms with E-state index < -0.39 is 6.10 Å². The van der Waals surface area contributed by atoms with E-state index in [4.69, 9.17) is 0 Å². The van der Waals surface area contributed by atoms with E-state index in [1.807, 2.05) is 42.5 Å². The van der Waals surface area contributed by atoms with Crippen molar-refractivity contribution in [2.75, 3.05) is 13.1 Å². The average molecular weight is 404 g/mol. The van der Waals surface area contributed by atoms with Gasteiger partial charge in [0.25, 0.3) is 0 Å². The van der Waals surface area contributed by atoms with Crippen molar-refractivity contribution < 1.29 is 14.0 Å². The Morgan fingerprint density at radius 1 is 1.17 bits per heavy atom. The fraction of sp³-hybridized carbons (Fsp3) is 0.346. The van der Waals surface area contributed by atoms with Crippen LogP contribution in [0.4, 0.5) is 4.39 Å². The summed E-state index contributed by atoms with van der Waals surface area (Å²) in [5.41, 5.74) is 3.00. The molecule has 1 aromatic heterocycles. The number of piperidine rings is 3. The Hall–Kier alpha value is -2.56. The van der Waals surface area contributed by atoms with Crippen molar-refractivity contribution in [1.29, 1.82) is 0 Å². The number of aromatic nitrogens is 1. The molecule has 0 amide bonds. The molecule has 4 heterocycles. The van der Waals surface area contributed by atoms with Crippen LogP contribution in [0.2, 0.25) is 0 Å². The van der Waals surface area contributed by atoms with Crippen LogP contribution >= 0.6 is 0 Å². The molecular formula is C26H28FN2O+. The average Bonchev–Trinajstić information content (AvgIpc) is 2.79. The number of quaternary nitrogens is 1. The number of hydrogen-bond donors (Lipinski definition) is 1. The molecule has 5 atom stereocenters. The molecular weight excluding hydrogens is 375 g/mol. The lowest BCUT2D eigenvalue weighted by Crippen LogP contribution is -2.67. The highest BCUT2D eigenvalue weighted by Gasteiger charge is 2.53. The summed E-state index contributed by atoms with van der Waals surface area (Å²) in [4.78, 5) is 4.47. The van der Waals surface area contributed by atoms with Gasteiger partial charge in [-0.15, -0.1) is 6.58 Å². The minimum atomic E-state index is -0.563. The zero-order chi connectivity index (χ0) is 20.7. The Balaban J connectivity index is 1.55. The van der Waals surface area contributed by atoms with Crippen LogP contribution in [0, 0.1) is 17.7 Å². The molecule has 4 unspecified atom stereocenters. The Kier molecular flexibility index (Phi) is 4.92. The Morgan fingerprint density at radius 3 is 2.77 bits per heavy atom. The first-order valence-electron chi connectivity index (χ1n) is 10.8. The Bertz CT molecular complexity index is 1060. The van der Waals surface area contributed by atoms with Gasteiger partial charge in [0.2, 0.25) is 0 Å². The van der Waals surface area contributed by atoms with Gasteiger partial charge in [-0.25, -0.2) is 4.39 Å². The molecule has 3 aliphatic heterocycles. The maximum Gasteiger partial charge on any atom is 0.131 e. The summed E-state index contributed by atoms with van der Waals surface area (Å²) in [7, 11) is 0. The monoisotopic (exact) mass is 403 g/mol. The van der Waals surface area contributed by atoms with Crippen molar-refractivity contribution in [3.05, 3.63) is 90.4 Å². The maximum atomic E-state index is 13.5. The molecule has 3 nitrogen and oxygen atoms in total. The van der Waals surface area contributed by atoms with E-state index in [-0.39, 0.29) is 11.9 Å². The van der Waals surface area contributed by atoms with Gasteiger partial charge in [0.1, 0.15) is 24.5 Å². The van der Waals surface area contributed by atoms with Gasteiger partial charge in [-0.2, -0.15) is 0 Å². The molecule has 3 aliphatic rings. The summed E-state index contributed by atoms with van der Waals surface area (Å²) in [6, 6.07) is 17.0. The maximum absolute atomic E-state index is 13.5. The summed E-state index contributed by atoms with van der Waals surface area (Å²) in [5, 5.41) is 12.7. The zero-order valence-corrected chi connectivity index (χ0v) is 17.1. The third kappa shape index (κ3) is 3.24. The normalized spacial score (nSPS) is 29.1. The molecule has 6 rings (SSSR count). The van der Waals surface area contributed by atoms with Crippen molar-refractivity contribution in [3.8, 4) is 0 Å². The SMILES string of the molecule is C=CC1C[N+]2(Cc3ccc(F)cc3)CCC1CC2[C@H](O)c1ccnc2ccccc12. The van der Waals surface area contributed by atoms with Gasteiger partial charge in [-0.05, 0) is 35.7 Å². The first-order chi connectivity index (χ1) is 14.6. The van der Waals surface area contributed by atoms with Gasteiger partial charge in [0.05, 0.1) is 18.6 Å². The van der Waals surface area contributed by atoms with Crippen LogP contribution in [0.5, 0.6) is 0 Å². The Morgan fingerprint density at radius 2 is 1.97 bits per heavy atom. The third-order valence-electron chi connectivity index (χ3n) is 7.45. The third-order valence-corrected chi connectivity index (χ3v) is 7.45. The highest BCUT2D eigenvalue weighted by Crippen LogP contribution is 2.48. The quantitative estimate of drug-likeness (QED) is 0.479. The van der Waals surface area contributed by atoms with Gasteiger partial charge in [0, 0.05) is 35.9 Å². The van der Waals surface area contributed by atoms with Crippen LogP contribution in [-0.4, -0.2) is 33.7 Å². The van der Waals surface area contributed by atoms with Gasteiger partial charge in [-0.1, -0.05) is 36.4 Å². The fourth-order valence-corrected chi connectivity index (χ4v) is 5.92. The summed E-state index contributed by atoms with van der Waals surface area (Å²) in [5.74, 6) is 0.834. The molecule has 3 aromatic rings. The number of aliphatic hydroxyl groups excluding tert-OH is 1. The van der Waals surface area contributed by atoms with E-state index in [1.54, 1.807) is 6.20 Å². The minimum Gasteiger partial charge on any atom is -0.382 e. The van der Waals surface area contributed by atoms with Gasteiger partial charge >= 0.3 is 0 Å². The molecule has 0 aliphatic carbocycles. The molecule has 30 heavy (non-hydrogen) atoms. The molecule has 3 fully saturated rings. The lowest BCUT2D eigenvalue weighted by Gasteiger charge is -2.58. The summed E-state index contributed by atoms with van der Waals surface area (Å²) < 4.78 is 14.3. The molecule has 0 radical (unpaired) electrons. The smallest absolute Gasteiger partial charge is 0.131 e. The summed E-state index contributed by atoms with van der Waals surface area (Å²) in [6.07, 6.45) is 5.47. The van der Waals surface area contributed by atoms with E-state index in [0.717, 1.165) is 59.0 Å².